The summed E-state index contributed by atoms with van der Waals surface area (Å²) in [5.41, 5.74) is 1.46. The SMILES string of the molecule is COc1cccc(COc2ccc(-c3nnc(CCC(=O)NC4CCCC4)c(=O)[nH]3)cc2OC)c1. The molecule has 0 unspecified atom stereocenters. The molecule has 1 heterocycles. The van der Waals surface area contributed by atoms with Gasteiger partial charge in [-0.25, -0.2) is 0 Å². The quantitative estimate of drug-likeness (QED) is 0.459. The largest absolute Gasteiger partial charge is 0.497 e. The van der Waals surface area contributed by atoms with Crippen LogP contribution in [0.3, 0.4) is 0 Å². The van der Waals surface area contributed by atoms with Gasteiger partial charge in [0, 0.05) is 24.4 Å². The van der Waals surface area contributed by atoms with E-state index in [0.29, 0.717) is 29.5 Å². The minimum absolute atomic E-state index is 0.0588. The van der Waals surface area contributed by atoms with Crippen molar-refractivity contribution in [2.75, 3.05) is 14.2 Å². The molecule has 0 radical (unpaired) electrons. The van der Waals surface area contributed by atoms with Gasteiger partial charge < -0.3 is 24.5 Å². The van der Waals surface area contributed by atoms with Crippen LogP contribution >= 0.6 is 0 Å². The van der Waals surface area contributed by atoms with E-state index in [1.807, 2.05) is 24.3 Å². The van der Waals surface area contributed by atoms with E-state index in [1.54, 1.807) is 32.4 Å². The minimum Gasteiger partial charge on any atom is -0.497 e. The zero-order valence-corrected chi connectivity index (χ0v) is 20.0. The number of nitrogens with one attached hydrogen (secondary N) is 2. The van der Waals surface area contributed by atoms with Crippen molar-refractivity contribution in [2.45, 2.75) is 51.2 Å². The van der Waals surface area contributed by atoms with E-state index in [0.717, 1.165) is 37.0 Å². The summed E-state index contributed by atoms with van der Waals surface area (Å²) in [7, 11) is 3.17. The third-order valence-electron chi connectivity index (χ3n) is 6.04. The summed E-state index contributed by atoms with van der Waals surface area (Å²) >= 11 is 0. The number of aromatic amines is 1. The summed E-state index contributed by atoms with van der Waals surface area (Å²) in [4.78, 5) is 27.5. The highest BCUT2D eigenvalue weighted by Gasteiger charge is 2.18. The monoisotopic (exact) mass is 478 g/mol. The summed E-state index contributed by atoms with van der Waals surface area (Å²) in [5, 5.41) is 11.3. The number of benzene rings is 2. The lowest BCUT2D eigenvalue weighted by molar-refractivity contribution is -0.121. The van der Waals surface area contributed by atoms with Gasteiger partial charge in [-0.3, -0.25) is 9.59 Å². The Bertz CT molecular complexity index is 1220. The second kappa shape index (κ2) is 11.5. The Kier molecular flexibility index (Phi) is 7.97. The number of amides is 1. The molecule has 0 saturated heterocycles. The maximum atomic E-state index is 12.5. The standard InChI is InChI=1S/C26H30N4O5/c1-33-20-9-5-6-17(14-20)16-35-22-12-10-18(15-23(22)34-2)25-28-26(32)21(29-30-25)11-13-24(31)27-19-7-3-4-8-19/h5-6,9-10,12,14-15,19H,3-4,7-8,11,13,16H2,1-2H3,(H,27,31)(H,28,30,32). The Hall–Kier alpha value is -3.88. The van der Waals surface area contributed by atoms with Crippen molar-refractivity contribution in [3.05, 3.63) is 64.1 Å². The topological polar surface area (TPSA) is 115 Å². The summed E-state index contributed by atoms with van der Waals surface area (Å²) in [6.45, 7) is 0.340. The van der Waals surface area contributed by atoms with Crippen molar-refractivity contribution in [2.24, 2.45) is 0 Å². The van der Waals surface area contributed by atoms with Gasteiger partial charge in [-0.1, -0.05) is 25.0 Å². The molecule has 1 aromatic heterocycles. The maximum absolute atomic E-state index is 12.5. The van der Waals surface area contributed by atoms with E-state index in [-0.39, 0.29) is 36.0 Å². The van der Waals surface area contributed by atoms with Crippen LogP contribution in [-0.4, -0.2) is 41.3 Å². The van der Waals surface area contributed by atoms with Gasteiger partial charge >= 0.3 is 0 Å². The molecule has 9 nitrogen and oxygen atoms in total. The first-order valence-electron chi connectivity index (χ1n) is 11.7. The molecule has 1 fully saturated rings. The predicted octanol–water partition coefficient (Wildman–Crippen LogP) is 3.42. The number of nitrogens with zero attached hydrogens (tertiary/aromatic N) is 2. The third kappa shape index (κ3) is 6.38. The molecule has 0 atom stereocenters. The number of carbonyl (C=O) groups excluding carboxylic acids is 1. The number of ether oxygens (including phenoxy) is 3. The fraction of sp³-hybridized carbons (Fsp3) is 0.385. The first-order chi connectivity index (χ1) is 17.1. The lowest BCUT2D eigenvalue weighted by Gasteiger charge is -2.13. The van der Waals surface area contributed by atoms with Crippen LogP contribution in [0.4, 0.5) is 0 Å². The zero-order valence-electron chi connectivity index (χ0n) is 20.0. The summed E-state index contributed by atoms with van der Waals surface area (Å²) in [6.07, 6.45) is 4.79. The predicted molar refractivity (Wildman–Crippen MR) is 131 cm³/mol. The van der Waals surface area contributed by atoms with Crippen LogP contribution < -0.4 is 25.1 Å². The normalized spacial score (nSPS) is 13.4. The van der Waals surface area contributed by atoms with E-state index in [1.165, 1.54) is 0 Å². The van der Waals surface area contributed by atoms with E-state index in [4.69, 9.17) is 14.2 Å². The van der Waals surface area contributed by atoms with Crippen molar-refractivity contribution in [1.82, 2.24) is 20.5 Å². The minimum atomic E-state index is -0.360. The lowest BCUT2D eigenvalue weighted by atomic mass is 10.1. The van der Waals surface area contributed by atoms with E-state index >= 15 is 0 Å². The van der Waals surface area contributed by atoms with Crippen molar-refractivity contribution >= 4 is 5.91 Å². The Morgan fingerprint density at radius 3 is 2.63 bits per heavy atom. The molecule has 2 aromatic carbocycles. The summed E-state index contributed by atoms with van der Waals surface area (Å²) in [5.74, 6) is 2.07. The van der Waals surface area contributed by atoms with Gasteiger partial charge in [0.2, 0.25) is 5.91 Å². The molecule has 1 aliphatic carbocycles. The Morgan fingerprint density at radius 1 is 1.06 bits per heavy atom. The van der Waals surface area contributed by atoms with Crippen LogP contribution in [0.15, 0.2) is 47.3 Å². The molecule has 3 aromatic rings. The Labute approximate surface area is 203 Å². The number of hydrogen-bond donors (Lipinski definition) is 2. The molecule has 1 amide bonds. The van der Waals surface area contributed by atoms with Crippen LogP contribution in [0.5, 0.6) is 17.2 Å². The molecule has 0 bridgehead atoms. The molecule has 184 valence electrons. The molecule has 4 rings (SSSR count). The third-order valence-corrected chi connectivity index (χ3v) is 6.04. The van der Waals surface area contributed by atoms with E-state index in [9.17, 15) is 9.59 Å². The second-order valence-electron chi connectivity index (χ2n) is 8.50. The molecule has 9 heteroatoms. The van der Waals surface area contributed by atoms with Gasteiger partial charge in [-0.05, 0) is 48.7 Å². The molecular weight excluding hydrogens is 448 g/mol. The van der Waals surface area contributed by atoms with Gasteiger partial charge in [-0.2, -0.15) is 0 Å². The van der Waals surface area contributed by atoms with Crippen LogP contribution in [0, 0.1) is 0 Å². The van der Waals surface area contributed by atoms with Crippen LogP contribution in [0.2, 0.25) is 0 Å². The first kappa shape index (κ1) is 24.3. The number of aromatic nitrogens is 3. The Balaban J connectivity index is 1.40. The van der Waals surface area contributed by atoms with Gasteiger partial charge in [0.25, 0.3) is 5.56 Å². The number of rotatable bonds is 10. The van der Waals surface area contributed by atoms with Crippen LogP contribution in [0.1, 0.15) is 43.4 Å². The smallest absolute Gasteiger partial charge is 0.273 e. The fourth-order valence-corrected chi connectivity index (χ4v) is 4.11. The summed E-state index contributed by atoms with van der Waals surface area (Å²) in [6, 6.07) is 13.1. The molecular formula is C26H30N4O5. The highest BCUT2D eigenvalue weighted by atomic mass is 16.5. The molecule has 1 aliphatic rings. The summed E-state index contributed by atoms with van der Waals surface area (Å²) < 4.78 is 16.6. The first-order valence-corrected chi connectivity index (χ1v) is 11.7. The molecule has 0 aliphatic heterocycles. The number of carbonyl (C=O) groups is 1. The molecule has 35 heavy (non-hydrogen) atoms. The zero-order chi connectivity index (χ0) is 24.6. The fourth-order valence-electron chi connectivity index (χ4n) is 4.11. The lowest BCUT2D eigenvalue weighted by Crippen LogP contribution is -2.33. The number of hydrogen-bond acceptors (Lipinski definition) is 7. The van der Waals surface area contributed by atoms with Crippen LogP contribution in [0.25, 0.3) is 11.4 Å². The average molecular weight is 479 g/mol. The van der Waals surface area contributed by atoms with Crippen molar-refractivity contribution in [1.29, 1.82) is 0 Å². The highest BCUT2D eigenvalue weighted by molar-refractivity contribution is 5.76. The van der Waals surface area contributed by atoms with Gasteiger partial charge in [0.1, 0.15) is 18.1 Å². The molecule has 2 N–H and O–H groups in total. The van der Waals surface area contributed by atoms with Gasteiger partial charge in [0.15, 0.2) is 17.3 Å². The number of aryl methyl sites for hydroxylation is 1. The maximum Gasteiger partial charge on any atom is 0.273 e. The van der Waals surface area contributed by atoms with Crippen molar-refractivity contribution < 1.29 is 19.0 Å². The highest BCUT2D eigenvalue weighted by Crippen LogP contribution is 2.32. The average Bonchev–Trinajstić information content (AvgIpc) is 3.39. The second-order valence-corrected chi connectivity index (χ2v) is 8.50. The van der Waals surface area contributed by atoms with Crippen molar-refractivity contribution in [3.8, 4) is 28.6 Å². The molecule has 1 saturated carbocycles. The van der Waals surface area contributed by atoms with Gasteiger partial charge in [-0.15, -0.1) is 10.2 Å². The van der Waals surface area contributed by atoms with E-state index in [2.05, 4.69) is 20.5 Å². The Morgan fingerprint density at radius 2 is 1.89 bits per heavy atom. The van der Waals surface area contributed by atoms with Crippen molar-refractivity contribution in [3.63, 3.8) is 0 Å². The number of methoxy groups -OCH3 is 2. The number of H-pyrrole nitrogens is 1. The van der Waals surface area contributed by atoms with E-state index < -0.39 is 0 Å². The van der Waals surface area contributed by atoms with Gasteiger partial charge in [0.05, 0.1) is 14.2 Å². The van der Waals surface area contributed by atoms with Crippen LogP contribution in [-0.2, 0) is 17.8 Å². The molecule has 0 spiro atoms.